The minimum atomic E-state index is -0.693. The van der Waals surface area contributed by atoms with Crippen molar-refractivity contribution in [3.63, 3.8) is 0 Å². The number of pyridine rings is 1. The Morgan fingerprint density at radius 2 is 1.58 bits per heavy atom. The molecule has 2 aromatic carbocycles. The van der Waals surface area contributed by atoms with Gasteiger partial charge >= 0.3 is 0 Å². The van der Waals surface area contributed by atoms with E-state index in [9.17, 15) is 10.0 Å². The van der Waals surface area contributed by atoms with Crippen molar-refractivity contribution in [2.24, 2.45) is 0 Å². The molecular formula is C23H25N3O5. The summed E-state index contributed by atoms with van der Waals surface area (Å²) < 4.78 is 15.9. The molecule has 0 atom stereocenters. The van der Waals surface area contributed by atoms with Crippen molar-refractivity contribution < 1.29 is 24.2 Å². The molecule has 1 amide bonds. The minimum Gasteiger partial charge on any atom is -0.497 e. The number of aromatic nitrogens is 1. The van der Waals surface area contributed by atoms with Gasteiger partial charge < -0.3 is 19.1 Å². The molecule has 0 aliphatic heterocycles. The lowest BCUT2D eigenvalue weighted by atomic mass is 10.1. The molecule has 1 heterocycles. The summed E-state index contributed by atoms with van der Waals surface area (Å²) in [7, 11) is 4.53. The van der Waals surface area contributed by atoms with E-state index in [4.69, 9.17) is 14.2 Å². The topological polar surface area (TPSA) is 93.2 Å². The van der Waals surface area contributed by atoms with E-state index in [2.05, 4.69) is 4.98 Å². The predicted molar refractivity (Wildman–Crippen MR) is 116 cm³/mol. The number of nitrogens with zero attached hydrogens (tertiary/aromatic N) is 2. The van der Waals surface area contributed by atoms with Crippen molar-refractivity contribution in [1.29, 1.82) is 0 Å². The van der Waals surface area contributed by atoms with Crippen LogP contribution >= 0.6 is 0 Å². The van der Waals surface area contributed by atoms with Gasteiger partial charge in [-0.15, -0.1) is 0 Å². The Morgan fingerprint density at radius 3 is 2.13 bits per heavy atom. The summed E-state index contributed by atoms with van der Waals surface area (Å²) in [6.07, 6.45) is 0. The van der Waals surface area contributed by atoms with E-state index in [1.165, 1.54) is 20.3 Å². The third-order valence-electron chi connectivity index (χ3n) is 4.75. The van der Waals surface area contributed by atoms with Gasteiger partial charge in [-0.05, 0) is 23.3 Å². The molecule has 2 N–H and O–H groups in total. The van der Waals surface area contributed by atoms with Crippen LogP contribution in [0.2, 0.25) is 0 Å². The van der Waals surface area contributed by atoms with Crippen LogP contribution in [0.25, 0.3) is 0 Å². The largest absolute Gasteiger partial charge is 0.497 e. The van der Waals surface area contributed by atoms with Crippen molar-refractivity contribution in [1.82, 2.24) is 10.5 Å². The number of amides is 1. The van der Waals surface area contributed by atoms with Crippen LogP contribution in [0.1, 0.15) is 21.5 Å². The highest BCUT2D eigenvalue weighted by Gasteiger charge is 2.25. The molecule has 0 fully saturated rings. The number of nitrogens with one attached hydrogen (secondary N) is 1. The first-order valence-corrected chi connectivity index (χ1v) is 9.58. The van der Waals surface area contributed by atoms with E-state index in [0.29, 0.717) is 18.8 Å². The molecule has 0 unspecified atom stereocenters. The third kappa shape index (κ3) is 5.23. The normalized spacial score (nSPS) is 10.3. The van der Waals surface area contributed by atoms with Gasteiger partial charge in [-0.3, -0.25) is 10.0 Å². The van der Waals surface area contributed by atoms with Crippen LogP contribution in [0.5, 0.6) is 17.5 Å². The second-order valence-electron chi connectivity index (χ2n) is 6.70. The summed E-state index contributed by atoms with van der Waals surface area (Å²) in [6.45, 7) is 0.928. The molecule has 1 aromatic heterocycles. The highest BCUT2D eigenvalue weighted by Crippen LogP contribution is 2.35. The lowest BCUT2D eigenvalue weighted by Gasteiger charge is -2.28. The molecule has 3 rings (SSSR count). The van der Waals surface area contributed by atoms with Crippen LogP contribution in [-0.2, 0) is 13.1 Å². The maximum absolute atomic E-state index is 12.5. The molecule has 3 aromatic rings. The lowest BCUT2D eigenvalue weighted by molar-refractivity contribution is 0.0706. The quantitative estimate of drug-likeness (QED) is 0.402. The van der Waals surface area contributed by atoms with Gasteiger partial charge in [0.25, 0.3) is 5.91 Å². The predicted octanol–water partition coefficient (Wildman–Crippen LogP) is 3.43. The first kappa shape index (κ1) is 21.9. The van der Waals surface area contributed by atoms with Gasteiger partial charge in [0.2, 0.25) is 11.8 Å². The van der Waals surface area contributed by atoms with Gasteiger partial charge in [0.1, 0.15) is 11.4 Å². The van der Waals surface area contributed by atoms with E-state index in [1.807, 2.05) is 59.5 Å². The number of hydrogen-bond donors (Lipinski definition) is 2. The number of hydroxylamine groups is 1. The monoisotopic (exact) mass is 423 g/mol. The van der Waals surface area contributed by atoms with Gasteiger partial charge in [-0.1, -0.05) is 42.5 Å². The van der Waals surface area contributed by atoms with Crippen molar-refractivity contribution in [2.75, 3.05) is 26.2 Å². The molecule has 31 heavy (non-hydrogen) atoms. The summed E-state index contributed by atoms with van der Waals surface area (Å²) in [5.74, 6) is 0.467. The fraction of sp³-hybridized carbons (Fsp3) is 0.217. The molecule has 0 aliphatic carbocycles. The Morgan fingerprint density at radius 1 is 0.935 bits per heavy atom. The Balaban J connectivity index is 2.11. The van der Waals surface area contributed by atoms with Gasteiger partial charge in [-0.2, -0.15) is 4.98 Å². The Labute approximate surface area is 181 Å². The lowest BCUT2D eigenvalue weighted by Crippen LogP contribution is -2.28. The van der Waals surface area contributed by atoms with E-state index < -0.39 is 5.91 Å². The number of ether oxygens (including phenoxy) is 3. The number of anilines is 1. The zero-order chi connectivity index (χ0) is 22.2. The van der Waals surface area contributed by atoms with Gasteiger partial charge in [-0.25, -0.2) is 5.48 Å². The molecule has 0 bridgehead atoms. The summed E-state index contributed by atoms with van der Waals surface area (Å²) in [4.78, 5) is 18.8. The van der Waals surface area contributed by atoms with Crippen molar-refractivity contribution in [3.8, 4) is 17.5 Å². The highest BCUT2D eigenvalue weighted by atomic mass is 16.5. The van der Waals surface area contributed by atoms with E-state index in [-0.39, 0.29) is 17.3 Å². The maximum atomic E-state index is 12.5. The third-order valence-corrected chi connectivity index (χ3v) is 4.75. The van der Waals surface area contributed by atoms with E-state index in [0.717, 1.165) is 16.9 Å². The van der Waals surface area contributed by atoms with Crippen LogP contribution in [0.15, 0.2) is 60.7 Å². The average molecular weight is 423 g/mol. The smallest absolute Gasteiger partial charge is 0.277 e. The van der Waals surface area contributed by atoms with Crippen LogP contribution in [-0.4, -0.2) is 37.4 Å². The molecule has 0 saturated carbocycles. The number of rotatable bonds is 9. The van der Waals surface area contributed by atoms with Crippen LogP contribution in [0, 0.1) is 0 Å². The molecule has 8 nitrogen and oxygen atoms in total. The Kier molecular flexibility index (Phi) is 7.29. The van der Waals surface area contributed by atoms with E-state index >= 15 is 0 Å². The molecule has 0 aliphatic rings. The number of hydrogen-bond acceptors (Lipinski definition) is 7. The summed E-state index contributed by atoms with van der Waals surface area (Å²) in [5.41, 5.74) is 4.34. The SMILES string of the molecule is COc1ccc(CN(Cc2ccccc2)c2c(C(=O)NO)cc(OC)nc2OC)cc1. The van der Waals surface area contributed by atoms with E-state index in [1.54, 1.807) is 12.6 Å². The summed E-state index contributed by atoms with van der Waals surface area (Å²) >= 11 is 0. The second-order valence-corrected chi connectivity index (χ2v) is 6.70. The van der Waals surface area contributed by atoms with Gasteiger partial charge in [0, 0.05) is 19.2 Å². The first-order chi connectivity index (χ1) is 15.1. The average Bonchev–Trinajstić information content (AvgIpc) is 2.83. The first-order valence-electron chi connectivity index (χ1n) is 9.58. The maximum Gasteiger partial charge on any atom is 0.277 e. The number of methoxy groups -OCH3 is 3. The summed E-state index contributed by atoms with van der Waals surface area (Å²) in [6, 6.07) is 19.0. The number of carbonyl (C=O) groups excluding carboxylic acids is 1. The number of carbonyl (C=O) groups is 1. The fourth-order valence-electron chi connectivity index (χ4n) is 3.25. The van der Waals surface area contributed by atoms with Gasteiger partial charge in [0.05, 0.1) is 26.9 Å². The van der Waals surface area contributed by atoms with Gasteiger partial charge in [0.15, 0.2) is 0 Å². The summed E-state index contributed by atoms with van der Waals surface area (Å²) in [5, 5.41) is 9.32. The second kappa shape index (κ2) is 10.3. The zero-order valence-electron chi connectivity index (χ0n) is 17.7. The van der Waals surface area contributed by atoms with Crippen LogP contribution < -0.4 is 24.6 Å². The van der Waals surface area contributed by atoms with Crippen molar-refractivity contribution in [2.45, 2.75) is 13.1 Å². The zero-order valence-corrected chi connectivity index (χ0v) is 17.7. The van der Waals surface area contributed by atoms with Crippen LogP contribution in [0.4, 0.5) is 5.69 Å². The minimum absolute atomic E-state index is 0.177. The van der Waals surface area contributed by atoms with Crippen molar-refractivity contribution in [3.05, 3.63) is 77.4 Å². The number of benzene rings is 2. The molecule has 0 spiro atoms. The Bertz CT molecular complexity index is 1010. The van der Waals surface area contributed by atoms with Crippen molar-refractivity contribution >= 4 is 11.6 Å². The standard InChI is InChI=1S/C23H25N3O5/c1-29-18-11-9-17(10-12-18)15-26(14-16-7-5-4-6-8-16)21-19(22(27)25-28)13-20(30-2)24-23(21)31-3/h4-13,28H,14-15H2,1-3H3,(H,25,27). The molecule has 0 saturated heterocycles. The Hall–Kier alpha value is -3.78. The molecule has 162 valence electrons. The molecule has 8 heteroatoms. The van der Waals surface area contributed by atoms with Crippen LogP contribution in [0.3, 0.4) is 0 Å². The fourth-order valence-corrected chi connectivity index (χ4v) is 3.25. The molecule has 0 radical (unpaired) electrons. The highest BCUT2D eigenvalue weighted by molar-refractivity contribution is 6.00. The molecular weight excluding hydrogens is 398 g/mol.